The van der Waals surface area contributed by atoms with Gasteiger partial charge in [-0.25, -0.2) is 0 Å². The maximum absolute atomic E-state index is 12.3. The van der Waals surface area contributed by atoms with Gasteiger partial charge in [-0.3, -0.25) is 4.79 Å². The molecule has 0 unspecified atom stereocenters. The number of hydrogen-bond donors (Lipinski definition) is 2. The molecule has 1 amide bonds. The van der Waals surface area contributed by atoms with Gasteiger partial charge in [0.05, 0.1) is 6.61 Å². The van der Waals surface area contributed by atoms with E-state index in [9.17, 15) is 4.79 Å². The largest absolute Gasteiger partial charge is 0.493 e. The number of hydrogen-bond acceptors (Lipinski definition) is 2. The van der Waals surface area contributed by atoms with Gasteiger partial charge in [-0.05, 0) is 41.8 Å². The SMILES string of the molecule is O=C(NCCc1c[nH]c2ccccc12)c1ccc2c(c1)CCO2. The zero-order valence-electron chi connectivity index (χ0n) is 12.8. The van der Waals surface area contributed by atoms with Crippen molar-refractivity contribution in [1.29, 1.82) is 0 Å². The molecule has 4 nitrogen and oxygen atoms in total. The van der Waals surface area contributed by atoms with Gasteiger partial charge >= 0.3 is 0 Å². The van der Waals surface area contributed by atoms with Gasteiger partial charge in [-0.1, -0.05) is 18.2 Å². The van der Waals surface area contributed by atoms with Crippen molar-refractivity contribution < 1.29 is 9.53 Å². The smallest absolute Gasteiger partial charge is 0.251 e. The van der Waals surface area contributed by atoms with E-state index in [1.54, 1.807) is 0 Å². The zero-order valence-corrected chi connectivity index (χ0v) is 12.8. The molecule has 2 N–H and O–H groups in total. The van der Waals surface area contributed by atoms with Crippen molar-refractivity contribution in [1.82, 2.24) is 10.3 Å². The molecule has 23 heavy (non-hydrogen) atoms. The van der Waals surface area contributed by atoms with Crippen LogP contribution in [0.4, 0.5) is 0 Å². The number of fused-ring (bicyclic) bond motifs is 2. The minimum absolute atomic E-state index is 0.0282. The molecule has 0 fully saturated rings. The molecule has 4 heteroatoms. The Hall–Kier alpha value is -2.75. The summed E-state index contributed by atoms with van der Waals surface area (Å²) < 4.78 is 5.47. The second-order valence-electron chi connectivity index (χ2n) is 5.79. The molecule has 116 valence electrons. The lowest BCUT2D eigenvalue weighted by Gasteiger charge is -2.06. The number of carbonyl (C=O) groups is 1. The van der Waals surface area contributed by atoms with Crippen LogP contribution in [0.25, 0.3) is 10.9 Å². The molecule has 0 spiro atoms. The molecular weight excluding hydrogens is 288 g/mol. The van der Waals surface area contributed by atoms with E-state index in [0.717, 1.165) is 29.7 Å². The molecule has 0 atom stereocenters. The van der Waals surface area contributed by atoms with Crippen molar-refractivity contribution in [2.75, 3.05) is 13.2 Å². The molecule has 2 aromatic carbocycles. The van der Waals surface area contributed by atoms with Crippen LogP contribution in [-0.4, -0.2) is 24.0 Å². The number of aromatic amines is 1. The van der Waals surface area contributed by atoms with E-state index in [0.29, 0.717) is 18.7 Å². The summed E-state index contributed by atoms with van der Waals surface area (Å²) >= 11 is 0. The van der Waals surface area contributed by atoms with Gasteiger partial charge in [-0.2, -0.15) is 0 Å². The minimum atomic E-state index is -0.0282. The summed E-state index contributed by atoms with van der Waals surface area (Å²) in [7, 11) is 0. The van der Waals surface area contributed by atoms with Crippen molar-refractivity contribution in [2.24, 2.45) is 0 Å². The van der Waals surface area contributed by atoms with E-state index < -0.39 is 0 Å². The Labute approximate surface area is 134 Å². The number of nitrogens with one attached hydrogen (secondary N) is 2. The molecule has 0 saturated heterocycles. The highest BCUT2D eigenvalue weighted by molar-refractivity contribution is 5.94. The summed E-state index contributed by atoms with van der Waals surface area (Å²) in [6, 6.07) is 13.9. The second kappa shape index (κ2) is 5.80. The van der Waals surface area contributed by atoms with Gasteiger partial charge < -0.3 is 15.0 Å². The van der Waals surface area contributed by atoms with E-state index in [2.05, 4.69) is 22.4 Å². The van der Waals surface area contributed by atoms with Gasteiger partial charge in [0.1, 0.15) is 5.75 Å². The molecule has 2 heterocycles. The lowest BCUT2D eigenvalue weighted by molar-refractivity contribution is 0.0954. The Balaban J connectivity index is 1.40. The number of para-hydroxylation sites is 1. The average Bonchev–Trinajstić information content (AvgIpc) is 3.21. The Bertz CT molecular complexity index is 867. The van der Waals surface area contributed by atoms with Crippen molar-refractivity contribution in [3.8, 4) is 5.75 Å². The standard InChI is InChI=1S/C19H18N2O2/c22-19(14-5-6-18-13(11-14)8-10-23-18)20-9-7-15-12-21-17-4-2-1-3-16(15)17/h1-6,11-12,21H,7-10H2,(H,20,22). The number of rotatable bonds is 4. The van der Waals surface area contributed by atoms with E-state index in [4.69, 9.17) is 4.74 Å². The normalized spacial score (nSPS) is 12.9. The summed E-state index contributed by atoms with van der Waals surface area (Å²) in [5.41, 5.74) is 4.18. The third-order valence-electron chi connectivity index (χ3n) is 4.31. The fourth-order valence-corrected chi connectivity index (χ4v) is 3.08. The van der Waals surface area contributed by atoms with Gasteiger partial charge in [0, 0.05) is 35.6 Å². The highest BCUT2D eigenvalue weighted by atomic mass is 16.5. The van der Waals surface area contributed by atoms with Gasteiger partial charge in [0.15, 0.2) is 0 Å². The average molecular weight is 306 g/mol. The first kappa shape index (κ1) is 13.9. The molecule has 4 rings (SSSR count). The van der Waals surface area contributed by atoms with Crippen LogP contribution in [0.3, 0.4) is 0 Å². The van der Waals surface area contributed by atoms with Crippen LogP contribution < -0.4 is 10.1 Å². The molecule has 0 saturated carbocycles. The van der Waals surface area contributed by atoms with E-state index in [-0.39, 0.29) is 5.91 Å². The van der Waals surface area contributed by atoms with Crippen LogP contribution in [0, 0.1) is 0 Å². The van der Waals surface area contributed by atoms with Crippen LogP contribution in [0.2, 0.25) is 0 Å². The predicted octanol–water partition coefficient (Wildman–Crippen LogP) is 3.08. The monoisotopic (exact) mass is 306 g/mol. The summed E-state index contributed by atoms with van der Waals surface area (Å²) in [6.45, 7) is 1.33. The topological polar surface area (TPSA) is 54.1 Å². The number of benzene rings is 2. The molecule has 1 aliphatic heterocycles. The quantitative estimate of drug-likeness (QED) is 0.778. The van der Waals surface area contributed by atoms with Crippen LogP contribution in [-0.2, 0) is 12.8 Å². The number of aromatic nitrogens is 1. The Kier molecular flexibility index (Phi) is 3.50. The molecule has 0 bridgehead atoms. The first-order valence-corrected chi connectivity index (χ1v) is 7.90. The van der Waals surface area contributed by atoms with Crippen molar-refractivity contribution in [2.45, 2.75) is 12.8 Å². The zero-order chi connectivity index (χ0) is 15.6. The third kappa shape index (κ3) is 2.68. The summed E-state index contributed by atoms with van der Waals surface area (Å²) in [6.07, 6.45) is 3.71. The summed E-state index contributed by atoms with van der Waals surface area (Å²) in [4.78, 5) is 15.5. The van der Waals surface area contributed by atoms with E-state index >= 15 is 0 Å². The second-order valence-corrected chi connectivity index (χ2v) is 5.79. The Morgan fingerprint density at radius 1 is 1.22 bits per heavy atom. The van der Waals surface area contributed by atoms with Gasteiger partial charge in [0.25, 0.3) is 5.91 Å². The first-order valence-electron chi connectivity index (χ1n) is 7.90. The van der Waals surface area contributed by atoms with Gasteiger partial charge in [0.2, 0.25) is 0 Å². The maximum Gasteiger partial charge on any atom is 0.251 e. The molecule has 0 aliphatic carbocycles. The lowest BCUT2D eigenvalue weighted by atomic mass is 10.1. The molecule has 1 aliphatic rings. The first-order chi connectivity index (χ1) is 11.3. The van der Waals surface area contributed by atoms with Crippen molar-refractivity contribution >= 4 is 16.8 Å². The van der Waals surface area contributed by atoms with E-state index in [1.165, 1.54) is 10.9 Å². The fraction of sp³-hybridized carbons (Fsp3) is 0.211. The third-order valence-corrected chi connectivity index (χ3v) is 4.31. The summed E-state index contributed by atoms with van der Waals surface area (Å²) in [5, 5.41) is 4.22. The number of carbonyl (C=O) groups excluding carboxylic acids is 1. The summed E-state index contributed by atoms with van der Waals surface area (Å²) in [5.74, 6) is 0.875. The number of ether oxygens (including phenoxy) is 1. The minimum Gasteiger partial charge on any atom is -0.493 e. The molecule has 0 radical (unpaired) electrons. The molecule has 1 aromatic heterocycles. The Morgan fingerprint density at radius 2 is 2.13 bits per heavy atom. The van der Waals surface area contributed by atoms with Gasteiger partial charge in [-0.15, -0.1) is 0 Å². The predicted molar refractivity (Wildman–Crippen MR) is 90.0 cm³/mol. The van der Waals surface area contributed by atoms with Crippen molar-refractivity contribution in [3.05, 3.63) is 65.4 Å². The fourth-order valence-electron chi connectivity index (χ4n) is 3.08. The van der Waals surface area contributed by atoms with Crippen molar-refractivity contribution in [3.63, 3.8) is 0 Å². The Morgan fingerprint density at radius 3 is 3.09 bits per heavy atom. The number of H-pyrrole nitrogens is 1. The maximum atomic E-state index is 12.3. The van der Waals surface area contributed by atoms with Crippen LogP contribution in [0.5, 0.6) is 5.75 Å². The van der Waals surface area contributed by atoms with Crippen LogP contribution >= 0.6 is 0 Å². The lowest BCUT2D eigenvalue weighted by Crippen LogP contribution is -2.25. The van der Waals surface area contributed by atoms with E-state index in [1.807, 2.05) is 36.5 Å². The molecular formula is C19H18N2O2. The van der Waals surface area contributed by atoms with Crippen LogP contribution in [0.15, 0.2) is 48.7 Å². The highest BCUT2D eigenvalue weighted by Gasteiger charge is 2.14. The highest BCUT2D eigenvalue weighted by Crippen LogP contribution is 2.25. The van der Waals surface area contributed by atoms with Crippen LogP contribution in [0.1, 0.15) is 21.5 Å². The number of amides is 1. The molecule has 3 aromatic rings.